The van der Waals surface area contributed by atoms with Crippen molar-refractivity contribution in [3.8, 4) is 0 Å². The highest BCUT2D eigenvalue weighted by Crippen LogP contribution is 2.13. The largest absolute Gasteiger partial charge is 0.370 e. The van der Waals surface area contributed by atoms with Crippen molar-refractivity contribution in [3.63, 3.8) is 0 Å². The summed E-state index contributed by atoms with van der Waals surface area (Å²) in [5, 5.41) is 13.6. The Hall–Kier alpha value is -2.16. The molecule has 0 fully saturated rings. The molecular weight excluding hydrogens is 407 g/mol. The normalized spacial score (nSPS) is 10.7. The summed E-state index contributed by atoms with van der Waals surface area (Å²) in [6.07, 6.45) is 0.954. The van der Waals surface area contributed by atoms with E-state index in [1.165, 1.54) is 17.7 Å². The van der Waals surface area contributed by atoms with E-state index in [0.717, 1.165) is 17.7 Å². The van der Waals surface area contributed by atoms with Gasteiger partial charge in [-0.25, -0.2) is 4.99 Å². The second-order valence-corrected chi connectivity index (χ2v) is 4.80. The molecule has 0 aliphatic rings. The van der Waals surface area contributed by atoms with Crippen LogP contribution in [-0.2, 0) is 13.0 Å². The lowest BCUT2D eigenvalue weighted by molar-refractivity contribution is -0.384. The van der Waals surface area contributed by atoms with E-state index < -0.39 is 4.92 Å². The molecule has 2 aromatic rings. The average Bonchev–Trinajstić information content (AvgIpc) is 2.53. The Morgan fingerprint density at radius 2 is 1.91 bits per heavy atom. The molecule has 0 bridgehead atoms. The minimum absolute atomic E-state index is 0. The van der Waals surface area contributed by atoms with E-state index in [9.17, 15) is 10.1 Å². The Kier molecular flexibility index (Phi) is 7.46. The number of rotatable bonds is 5. The maximum absolute atomic E-state index is 10.6. The van der Waals surface area contributed by atoms with Crippen molar-refractivity contribution in [2.75, 3.05) is 5.32 Å². The van der Waals surface area contributed by atoms with Gasteiger partial charge in [-0.05, 0) is 29.7 Å². The Labute approximate surface area is 152 Å². The molecule has 7 heteroatoms. The summed E-state index contributed by atoms with van der Waals surface area (Å²) >= 11 is 0. The van der Waals surface area contributed by atoms with E-state index in [1.807, 2.05) is 18.2 Å². The summed E-state index contributed by atoms with van der Waals surface area (Å²) in [6.45, 7) is 2.45. The van der Waals surface area contributed by atoms with Crippen molar-refractivity contribution >= 4 is 41.3 Å². The summed E-state index contributed by atoms with van der Waals surface area (Å²) in [5.74, 6) is 0.312. The monoisotopic (exact) mass is 426 g/mol. The third-order valence-corrected chi connectivity index (χ3v) is 3.19. The Morgan fingerprint density at radius 1 is 1.22 bits per heavy atom. The molecule has 0 aliphatic carbocycles. The SMILES string of the molecule is CCc1cccc(NC(N)=NCc2ccc([N+](=O)[O-])cc2)c1.I. The maximum Gasteiger partial charge on any atom is 0.269 e. The van der Waals surface area contributed by atoms with Crippen LogP contribution in [0.15, 0.2) is 53.5 Å². The number of halogens is 1. The van der Waals surface area contributed by atoms with E-state index in [1.54, 1.807) is 12.1 Å². The van der Waals surface area contributed by atoms with Crippen LogP contribution in [-0.4, -0.2) is 10.9 Å². The topological polar surface area (TPSA) is 93.5 Å². The lowest BCUT2D eigenvalue weighted by atomic mass is 10.1. The molecule has 0 spiro atoms. The number of benzene rings is 2. The van der Waals surface area contributed by atoms with Gasteiger partial charge in [-0.15, -0.1) is 24.0 Å². The highest BCUT2D eigenvalue weighted by Gasteiger charge is 2.03. The molecular formula is C16H19IN4O2. The van der Waals surface area contributed by atoms with E-state index in [0.29, 0.717) is 12.5 Å². The molecule has 0 amide bonds. The van der Waals surface area contributed by atoms with Gasteiger partial charge in [0.25, 0.3) is 5.69 Å². The third kappa shape index (κ3) is 5.85. The number of nitrogens with zero attached hydrogens (tertiary/aromatic N) is 2. The van der Waals surface area contributed by atoms with Gasteiger partial charge in [0, 0.05) is 17.8 Å². The van der Waals surface area contributed by atoms with Gasteiger partial charge in [0.05, 0.1) is 11.5 Å². The Balaban J connectivity index is 0.00000264. The molecule has 0 aromatic heterocycles. The number of aryl methyl sites for hydroxylation is 1. The zero-order chi connectivity index (χ0) is 15.9. The van der Waals surface area contributed by atoms with E-state index in [2.05, 4.69) is 23.3 Å². The quantitative estimate of drug-likeness (QED) is 0.251. The predicted molar refractivity (Wildman–Crippen MR) is 103 cm³/mol. The molecule has 0 unspecified atom stereocenters. The van der Waals surface area contributed by atoms with Crippen molar-refractivity contribution in [2.45, 2.75) is 19.9 Å². The third-order valence-electron chi connectivity index (χ3n) is 3.19. The molecule has 122 valence electrons. The minimum Gasteiger partial charge on any atom is -0.370 e. The predicted octanol–water partition coefficient (Wildman–Crippen LogP) is 3.70. The molecule has 3 N–H and O–H groups in total. The Morgan fingerprint density at radius 3 is 2.52 bits per heavy atom. The van der Waals surface area contributed by atoms with Crippen LogP contribution >= 0.6 is 24.0 Å². The van der Waals surface area contributed by atoms with Crippen molar-refractivity contribution in [2.24, 2.45) is 10.7 Å². The second kappa shape index (κ2) is 9.09. The number of nitrogens with two attached hydrogens (primary N) is 1. The van der Waals surface area contributed by atoms with Gasteiger partial charge in [-0.3, -0.25) is 10.1 Å². The van der Waals surface area contributed by atoms with Crippen LogP contribution in [0, 0.1) is 10.1 Å². The summed E-state index contributed by atoms with van der Waals surface area (Å²) in [7, 11) is 0. The van der Waals surface area contributed by atoms with Crippen LogP contribution in [0.5, 0.6) is 0 Å². The molecule has 0 aliphatic heterocycles. The molecule has 0 saturated heterocycles. The summed E-state index contributed by atoms with van der Waals surface area (Å²) in [5.41, 5.74) is 8.89. The first kappa shape index (κ1) is 18.9. The number of anilines is 1. The van der Waals surface area contributed by atoms with Crippen LogP contribution in [0.4, 0.5) is 11.4 Å². The molecule has 2 aromatic carbocycles. The van der Waals surface area contributed by atoms with Gasteiger partial charge < -0.3 is 11.1 Å². The lowest BCUT2D eigenvalue weighted by Gasteiger charge is -2.07. The first-order valence-corrected chi connectivity index (χ1v) is 6.97. The van der Waals surface area contributed by atoms with Crippen LogP contribution in [0.2, 0.25) is 0 Å². The number of aliphatic imine (C=N–C) groups is 1. The second-order valence-electron chi connectivity index (χ2n) is 4.80. The zero-order valence-corrected chi connectivity index (χ0v) is 15.1. The number of nitro groups is 1. The fraction of sp³-hybridized carbons (Fsp3) is 0.188. The van der Waals surface area contributed by atoms with Crippen molar-refractivity contribution < 1.29 is 4.92 Å². The number of guanidine groups is 1. The lowest BCUT2D eigenvalue weighted by Crippen LogP contribution is -2.22. The number of nitrogens with one attached hydrogen (secondary N) is 1. The molecule has 0 atom stereocenters. The fourth-order valence-corrected chi connectivity index (χ4v) is 1.96. The summed E-state index contributed by atoms with van der Waals surface area (Å²) in [6, 6.07) is 14.2. The minimum atomic E-state index is -0.427. The van der Waals surface area contributed by atoms with E-state index >= 15 is 0 Å². The first-order chi connectivity index (χ1) is 10.6. The van der Waals surface area contributed by atoms with Gasteiger partial charge in [0.1, 0.15) is 0 Å². The molecule has 0 saturated carbocycles. The van der Waals surface area contributed by atoms with Crippen molar-refractivity contribution in [3.05, 3.63) is 69.8 Å². The first-order valence-electron chi connectivity index (χ1n) is 6.97. The van der Waals surface area contributed by atoms with E-state index in [4.69, 9.17) is 5.73 Å². The Bertz CT molecular complexity index is 687. The summed E-state index contributed by atoms with van der Waals surface area (Å²) in [4.78, 5) is 14.4. The molecule has 0 heterocycles. The van der Waals surface area contributed by atoms with Crippen molar-refractivity contribution in [1.82, 2.24) is 0 Å². The van der Waals surface area contributed by atoms with Gasteiger partial charge in [-0.1, -0.05) is 31.2 Å². The highest BCUT2D eigenvalue weighted by molar-refractivity contribution is 14.0. The van der Waals surface area contributed by atoms with Crippen LogP contribution in [0.1, 0.15) is 18.1 Å². The fourth-order valence-electron chi connectivity index (χ4n) is 1.96. The van der Waals surface area contributed by atoms with Gasteiger partial charge in [0.2, 0.25) is 0 Å². The smallest absolute Gasteiger partial charge is 0.269 e. The number of hydrogen-bond donors (Lipinski definition) is 2. The van der Waals surface area contributed by atoms with Gasteiger partial charge in [0.15, 0.2) is 5.96 Å². The molecule has 0 radical (unpaired) electrons. The standard InChI is InChI=1S/C16H18N4O2.HI/c1-2-12-4-3-5-14(10-12)19-16(17)18-11-13-6-8-15(9-7-13)20(21)22;/h3-10H,2,11H2,1H3,(H3,17,18,19);1H. The highest BCUT2D eigenvalue weighted by atomic mass is 127. The average molecular weight is 426 g/mol. The molecule has 6 nitrogen and oxygen atoms in total. The van der Waals surface area contributed by atoms with Crippen LogP contribution in [0.3, 0.4) is 0 Å². The van der Waals surface area contributed by atoms with Crippen LogP contribution in [0.25, 0.3) is 0 Å². The van der Waals surface area contributed by atoms with Gasteiger partial charge >= 0.3 is 0 Å². The summed E-state index contributed by atoms with van der Waals surface area (Å²) < 4.78 is 0. The molecule has 23 heavy (non-hydrogen) atoms. The van der Waals surface area contributed by atoms with Gasteiger partial charge in [-0.2, -0.15) is 0 Å². The maximum atomic E-state index is 10.6. The van der Waals surface area contributed by atoms with Crippen molar-refractivity contribution in [1.29, 1.82) is 0 Å². The van der Waals surface area contributed by atoms with Crippen LogP contribution < -0.4 is 11.1 Å². The zero-order valence-electron chi connectivity index (χ0n) is 12.7. The number of nitro benzene ring substituents is 1. The van der Waals surface area contributed by atoms with E-state index in [-0.39, 0.29) is 29.7 Å². The molecule has 2 rings (SSSR count). The number of hydrogen-bond acceptors (Lipinski definition) is 3. The number of non-ortho nitro benzene ring substituents is 1.